The monoisotopic (exact) mass is 354 g/mol. The molecule has 0 bridgehead atoms. The van der Waals surface area contributed by atoms with Gasteiger partial charge in [0.05, 0.1) is 12.2 Å². The van der Waals surface area contributed by atoms with Gasteiger partial charge in [0.1, 0.15) is 12.4 Å². The number of ether oxygens (including phenoxy) is 1. The summed E-state index contributed by atoms with van der Waals surface area (Å²) in [5.41, 5.74) is 2.29. The zero-order chi connectivity index (χ0) is 17.6. The van der Waals surface area contributed by atoms with Gasteiger partial charge >= 0.3 is 0 Å². The normalized spacial score (nSPS) is 15.3. The molecule has 0 radical (unpaired) electrons. The molecule has 1 aliphatic rings. The maximum absolute atomic E-state index is 11.6. The van der Waals surface area contributed by atoms with Crippen LogP contribution in [0.2, 0.25) is 0 Å². The summed E-state index contributed by atoms with van der Waals surface area (Å²) in [6.45, 7) is 1.34. The number of para-hydroxylation sites is 1. The summed E-state index contributed by atoms with van der Waals surface area (Å²) in [5, 5.41) is 1.94. The molecule has 0 atom stereocenters. The number of carbonyl (C=O) groups is 2. The van der Waals surface area contributed by atoms with Crippen molar-refractivity contribution >= 4 is 33.9 Å². The van der Waals surface area contributed by atoms with E-state index >= 15 is 0 Å². The second kappa shape index (κ2) is 7.90. The lowest BCUT2D eigenvalue weighted by molar-refractivity contribution is -0.107. The number of nitrogens with zero attached hydrogens (tertiary/aromatic N) is 1. The standard InChI is InChI=1S/C19H18N2O3S/c1-21(15-5-3-2-4-6-15)11-12-24-16-9-7-14(8-10-16)13-17-18(22)25-19(23)20-17/h2-10,13H,11-12H2,1H3,(H,20,23). The fourth-order valence-corrected chi connectivity index (χ4v) is 2.91. The van der Waals surface area contributed by atoms with Crippen LogP contribution in [0.25, 0.3) is 6.08 Å². The van der Waals surface area contributed by atoms with Gasteiger partial charge in [0, 0.05) is 24.5 Å². The fraction of sp³-hybridized carbons (Fsp3) is 0.158. The van der Waals surface area contributed by atoms with Crippen LogP contribution in [0.1, 0.15) is 5.56 Å². The molecule has 2 aromatic rings. The summed E-state index contributed by atoms with van der Waals surface area (Å²) in [5.74, 6) is 0.764. The van der Waals surface area contributed by atoms with Crippen LogP contribution in [-0.4, -0.2) is 30.6 Å². The summed E-state index contributed by atoms with van der Waals surface area (Å²) in [6, 6.07) is 17.5. The largest absolute Gasteiger partial charge is 0.492 e. The third-order valence-electron chi connectivity index (χ3n) is 3.73. The Bertz CT molecular complexity index is 788. The first-order valence-electron chi connectivity index (χ1n) is 7.86. The first-order valence-corrected chi connectivity index (χ1v) is 8.67. The Morgan fingerprint density at radius 2 is 1.80 bits per heavy atom. The second-order valence-electron chi connectivity index (χ2n) is 5.53. The van der Waals surface area contributed by atoms with E-state index in [-0.39, 0.29) is 10.4 Å². The number of hydrogen-bond donors (Lipinski definition) is 1. The molecule has 1 N–H and O–H groups in total. The molecule has 25 heavy (non-hydrogen) atoms. The van der Waals surface area contributed by atoms with E-state index in [4.69, 9.17) is 4.74 Å². The van der Waals surface area contributed by atoms with Crippen LogP contribution < -0.4 is 15.0 Å². The molecule has 1 aliphatic heterocycles. The first-order chi connectivity index (χ1) is 12.1. The van der Waals surface area contributed by atoms with Crippen LogP contribution in [0.15, 0.2) is 60.3 Å². The number of hydrogen-bond acceptors (Lipinski definition) is 5. The molecule has 1 heterocycles. The highest BCUT2D eigenvalue weighted by Gasteiger charge is 2.25. The molecule has 128 valence electrons. The number of rotatable bonds is 6. The van der Waals surface area contributed by atoms with E-state index in [9.17, 15) is 9.59 Å². The zero-order valence-electron chi connectivity index (χ0n) is 13.8. The van der Waals surface area contributed by atoms with Crippen molar-refractivity contribution in [1.82, 2.24) is 5.32 Å². The van der Waals surface area contributed by atoms with Gasteiger partial charge in [0.25, 0.3) is 5.24 Å². The average molecular weight is 354 g/mol. The highest BCUT2D eigenvalue weighted by Crippen LogP contribution is 2.21. The van der Waals surface area contributed by atoms with Gasteiger partial charge in [-0.1, -0.05) is 30.3 Å². The SMILES string of the molecule is CN(CCOc1ccc(C=C2NC(=O)SC2=O)cc1)c1ccccc1. The van der Waals surface area contributed by atoms with E-state index in [0.29, 0.717) is 24.1 Å². The van der Waals surface area contributed by atoms with Gasteiger partial charge in [-0.15, -0.1) is 0 Å². The Balaban J connectivity index is 1.52. The summed E-state index contributed by atoms with van der Waals surface area (Å²) in [4.78, 5) is 24.8. The van der Waals surface area contributed by atoms with E-state index < -0.39 is 0 Å². The van der Waals surface area contributed by atoms with Gasteiger partial charge in [0.15, 0.2) is 0 Å². The number of nitrogens with one attached hydrogen (secondary N) is 1. The minimum absolute atomic E-state index is 0.255. The van der Waals surface area contributed by atoms with Gasteiger partial charge in [-0.25, -0.2) is 0 Å². The lowest BCUT2D eigenvalue weighted by Gasteiger charge is -2.19. The molecule has 1 amide bonds. The number of amides is 1. The van der Waals surface area contributed by atoms with Crippen molar-refractivity contribution in [2.24, 2.45) is 0 Å². The molecule has 0 aliphatic carbocycles. The molecular formula is C19H18N2O3S. The van der Waals surface area contributed by atoms with Crippen LogP contribution in [0, 0.1) is 0 Å². The van der Waals surface area contributed by atoms with E-state index in [2.05, 4.69) is 22.3 Å². The summed E-state index contributed by atoms with van der Waals surface area (Å²) >= 11 is 0.676. The predicted molar refractivity (Wildman–Crippen MR) is 101 cm³/mol. The Labute approximate surface area is 150 Å². The molecule has 0 spiro atoms. The maximum Gasteiger partial charge on any atom is 0.291 e. The Hall–Kier alpha value is -2.73. The third-order valence-corrected chi connectivity index (χ3v) is 4.42. The van der Waals surface area contributed by atoms with Crippen molar-refractivity contribution in [3.05, 3.63) is 65.9 Å². The lowest BCUT2D eigenvalue weighted by Crippen LogP contribution is -2.23. The third kappa shape index (κ3) is 4.64. The van der Waals surface area contributed by atoms with Crippen LogP contribution in [0.3, 0.4) is 0 Å². The number of anilines is 1. The number of carbonyl (C=O) groups excluding carboxylic acids is 2. The topological polar surface area (TPSA) is 58.6 Å². The van der Waals surface area contributed by atoms with E-state index in [1.54, 1.807) is 6.08 Å². The molecule has 5 nitrogen and oxygen atoms in total. The first kappa shape index (κ1) is 17.1. The number of benzene rings is 2. The summed E-state index contributed by atoms with van der Waals surface area (Å²) < 4.78 is 5.76. The molecule has 3 rings (SSSR count). The molecule has 1 saturated heterocycles. The molecule has 0 aromatic heterocycles. The van der Waals surface area contributed by atoms with Crippen LogP contribution in [-0.2, 0) is 4.79 Å². The highest BCUT2D eigenvalue weighted by atomic mass is 32.2. The predicted octanol–water partition coefficient (Wildman–Crippen LogP) is 3.53. The summed E-state index contributed by atoms with van der Waals surface area (Å²) in [7, 11) is 2.03. The van der Waals surface area contributed by atoms with Gasteiger partial charge in [-0.3, -0.25) is 9.59 Å². The van der Waals surface area contributed by atoms with Crippen LogP contribution >= 0.6 is 11.8 Å². The van der Waals surface area contributed by atoms with Gasteiger partial charge < -0.3 is 15.0 Å². The number of likely N-dealkylation sites (N-methyl/N-ethyl adjacent to an activating group) is 1. The Morgan fingerprint density at radius 1 is 1.08 bits per heavy atom. The lowest BCUT2D eigenvalue weighted by atomic mass is 10.2. The van der Waals surface area contributed by atoms with Crippen molar-refractivity contribution < 1.29 is 14.3 Å². The minimum atomic E-state index is -0.335. The Kier molecular flexibility index (Phi) is 5.40. The Morgan fingerprint density at radius 3 is 2.44 bits per heavy atom. The molecule has 0 saturated carbocycles. The van der Waals surface area contributed by atoms with Gasteiger partial charge in [-0.05, 0) is 35.9 Å². The van der Waals surface area contributed by atoms with E-state index in [1.807, 2.05) is 49.5 Å². The fourth-order valence-electron chi connectivity index (χ4n) is 2.36. The highest BCUT2D eigenvalue weighted by molar-refractivity contribution is 8.27. The smallest absolute Gasteiger partial charge is 0.291 e. The van der Waals surface area contributed by atoms with Crippen molar-refractivity contribution in [1.29, 1.82) is 0 Å². The maximum atomic E-state index is 11.6. The van der Waals surface area contributed by atoms with Crippen molar-refractivity contribution in [3.8, 4) is 5.75 Å². The van der Waals surface area contributed by atoms with E-state index in [1.165, 1.54) is 0 Å². The van der Waals surface area contributed by atoms with Gasteiger partial charge in [0.2, 0.25) is 5.12 Å². The van der Waals surface area contributed by atoms with Crippen molar-refractivity contribution in [2.45, 2.75) is 0 Å². The quantitative estimate of drug-likeness (QED) is 0.804. The van der Waals surface area contributed by atoms with Crippen LogP contribution in [0.4, 0.5) is 10.5 Å². The zero-order valence-corrected chi connectivity index (χ0v) is 14.6. The summed E-state index contributed by atoms with van der Waals surface area (Å²) in [6.07, 6.45) is 1.66. The average Bonchev–Trinajstić information content (AvgIpc) is 2.94. The minimum Gasteiger partial charge on any atom is -0.492 e. The molecular weight excluding hydrogens is 336 g/mol. The molecule has 0 unspecified atom stereocenters. The van der Waals surface area contributed by atoms with Crippen molar-refractivity contribution in [3.63, 3.8) is 0 Å². The molecule has 6 heteroatoms. The second-order valence-corrected chi connectivity index (χ2v) is 6.48. The van der Waals surface area contributed by atoms with Gasteiger partial charge in [-0.2, -0.15) is 0 Å². The molecule has 1 fully saturated rings. The van der Waals surface area contributed by atoms with E-state index in [0.717, 1.165) is 23.5 Å². The van der Waals surface area contributed by atoms with Crippen molar-refractivity contribution in [2.75, 3.05) is 25.1 Å². The molecule has 2 aromatic carbocycles. The van der Waals surface area contributed by atoms with Crippen LogP contribution in [0.5, 0.6) is 5.75 Å². The number of thioether (sulfide) groups is 1.